The SMILES string of the molecule is CCC(O)C(S(C)(=O)=O)(S(C)(=O)=O)S(C)(=O)=O. The third-order valence-corrected chi connectivity index (χ3v) is 11.7. The molecule has 1 N–H and O–H groups in total. The standard InChI is InChI=1S/C7H16O7S3/c1-5-6(8)7(15(2,9)10,16(3,11)12)17(4,13)14/h6,8H,5H2,1-4H3. The molecule has 0 amide bonds. The van der Waals surface area contributed by atoms with Crippen molar-refractivity contribution in [2.24, 2.45) is 0 Å². The van der Waals surface area contributed by atoms with Gasteiger partial charge in [-0.1, -0.05) is 6.92 Å². The molecule has 0 bridgehead atoms. The van der Waals surface area contributed by atoms with Gasteiger partial charge in [0.1, 0.15) is 6.10 Å². The molecule has 0 aromatic carbocycles. The van der Waals surface area contributed by atoms with Crippen molar-refractivity contribution >= 4 is 29.5 Å². The summed E-state index contributed by atoms with van der Waals surface area (Å²) in [7, 11) is -13.7. The van der Waals surface area contributed by atoms with Gasteiger partial charge in [0.2, 0.25) is 0 Å². The van der Waals surface area contributed by atoms with Gasteiger partial charge in [-0.15, -0.1) is 0 Å². The first-order valence-electron chi connectivity index (χ1n) is 4.50. The van der Waals surface area contributed by atoms with Crippen LogP contribution in [0.4, 0.5) is 0 Å². The Labute approximate surface area is 102 Å². The number of hydrogen-bond acceptors (Lipinski definition) is 7. The van der Waals surface area contributed by atoms with Gasteiger partial charge in [0.05, 0.1) is 0 Å². The van der Waals surface area contributed by atoms with Crippen molar-refractivity contribution in [2.75, 3.05) is 18.8 Å². The molecule has 0 rings (SSSR count). The van der Waals surface area contributed by atoms with Crippen LogP contribution in [-0.2, 0) is 29.5 Å². The van der Waals surface area contributed by atoms with E-state index in [0.29, 0.717) is 18.8 Å². The summed E-state index contributed by atoms with van der Waals surface area (Å²) < 4.78 is 66.6. The molecule has 1 atom stereocenters. The monoisotopic (exact) mass is 308 g/mol. The highest BCUT2D eigenvalue weighted by Crippen LogP contribution is 2.34. The van der Waals surface area contributed by atoms with Gasteiger partial charge in [0.25, 0.3) is 3.41 Å². The number of rotatable bonds is 5. The molecule has 10 heteroatoms. The second-order valence-electron chi connectivity index (χ2n) is 3.84. The Kier molecular flexibility index (Phi) is 4.43. The molecule has 0 fully saturated rings. The van der Waals surface area contributed by atoms with Crippen LogP contribution < -0.4 is 0 Å². The second-order valence-corrected chi connectivity index (χ2v) is 11.2. The smallest absolute Gasteiger partial charge is 0.296 e. The molecule has 0 aliphatic heterocycles. The Morgan fingerprint density at radius 3 is 1.18 bits per heavy atom. The van der Waals surface area contributed by atoms with Crippen molar-refractivity contribution in [1.82, 2.24) is 0 Å². The predicted octanol–water partition coefficient (Wildman–Crippen LogP) is -1.46. The van der Waals surface area contributed by atoms with Crippen molar-refractivity contribution in [2.45, 2.75) is 22.9 Å². The summed E-state index contributed by atoms with van der Waals surface area (Å²) in [6, 6.07) is 0. The lowest BCUT2D eigenvalue weighted by Crippen LogP contribution is -2.59. The Morgan fingerprint density at radius 2 is 1.12 bits per heavy atom. The predicted molar refractivity (Wildman–Crippen MR) is 63.6 cm³/mol. The van der Waals surface area contributed by atoms with E-state index in [2.05, 4.69) is 0 Å². The fraction of sp³-hybridized carbons (Fsp3) is 1.00. The first-order valence-corrected chi connectivity index (χ1v) is 10.2. The van der Waals surface area contributed by atoms with Crippen molar-refractivity contribution in [1.29, 1.82) is 0 Å². The minimum absolute atomic E-state index is 0.326. The summed E-state index contributed by atoms with van der Waals surface area (Å²) in [5.74, 6) is 0. The van der Waals surface area contributed by atoms with Crippen LogP contribution in [0.15, 0.2) is 0 Å². The first-order chi connectivity index (χ1) is 7.23. The van der Waals surface area contributed by atoms with E-state index >= 15 is 0 Å². The fourth-order valence-electron chi connectivity index (χ4n) is 1.82. The summed E-state index contributed by atoms with van der Waals surface area (Å²) in [5.41, 5.74) is 0. The van der Waals surface area contributed by atoms with Gasteiger partial charge in [-0.2, -0.15) is 0 Å². The Morgan fingerprint density at radius 1 is 0.882 bits per heavy atom. The lowest BCUT2D eigenvalue weighted by atomic mass is 10.3. The highest BCUT2D eigenvalue weighted by atomic mass is 32.3. The number of hydrogen-bond donors (Lipinski definition) is 1. The van der Waals surface area contributed by atoms with E-state index < -0.39 is 39.0 Å². The van der Waals surface area contributed by atoms with E-state index in [0.717, 1.165) is 0 Å². The molecule has 0 radical (unpaired) electrons. The molecule has 17 heavy (non-hydrogen) atoms. The van der Waals surface area contributed by atoms with Crippen LogP contribution in [0.3, 0.4) is 0 Å². The van der Waals surface area contributed by atoms with E-state index in [1.165, 1.54) is 6.92 Å². The molecule has 0 saturated carbocycles. The molecular weight excluding hydrogens is 292 g/mol. The molecule has 104 valence electrons. The summed E-state index contributed by atoms with van der Waals surface area (Å²) in [4.78, 5) is 0. The largest absolute Gasteiger partial charge is 0.389 e. The van der Waals surface area contributed by atoms with Crippen LogP contribution in [0.1, 0.15) is 13.3 Å². The lowest BCUT2D eigenvalue weighted by Gasteiger charge is -2.31. The normalized spacial score (nSPS) is 16.8. The zero-order valence-electron chi connectivity index (χ0n) is 9.91. The highest BCUT2D eigenvalue weighted by molar-refractivity contribution is 8.25. The average molecular weight is 308 g/mol. The molecule has 7 nitrogen and oxygen atoms in total. The number of aliphatic hydroxyl groups excluding tert-OH is 1. The Hall–Kier alpha value is -0.190. The quantitative estimate of drug-likeness (QED) is 0.658. The number of aliphatic hydroxyl groups is 1. The van der Waals surface area contributed by atoms with Crippen molar-refractivity contribution in [3.8, 4) is 0 Å². The summed E-state index contributed by atoms with van der Waals surface area (Å²) in [6.07, 6.45) is -0.925. The zero-order valence-corrected chi connectivity index (χ0v) is 12.4. The summed E-state index contributed by atoms with van der Waals surface area (Å²) in [5, 5.41) is 9.64. The van der Waals surface area contributed by atoms with Gasteiger partial charge in [-0.3, -0.25) is 0 Å². The number of sulfone groups is 3. The highest BCUT2D eigenvalue weighted by Gasteiger charge is 2.63. The molecule has 1 unspecified atom stereocenters. The van der Waals surface area contributed by atoms with E-state index in [1.807, 2.05) is 0 Å². The maximum atomic E-state index is 11.6. The molecule has 0 spiro atoms. The minimum Gasteiger partial charge on any atom is -0.389 e. The maximum Gasteiger partial charge on any atom is 0.296 e. The van der Waals surface area contributed by atoms with Gasteiger partial charge >= 0.3 is 0 Å². The van der Waals surface area contributed by atoms with Crippen LogP contribution in [0, 0.1) is 0 Å². The Bertz CT molecular complexity index is 503. The van der Waals surface area contributed by atoms with Gasteiger partial charge in [0, 0.05) is 18.8 Å². The third kappa shape index (κ3) is 2.49. The van der Waals surface area contributed by atoms with E-state index in [9.17, 15) is 30.4 Å². The van der Waals surface area contributed by atoms with Gasteiger partial charge in [-0.05, 0) is 6.42 Å². The van der Waals surface area contributed by atoms with Crippen molar-refractivity contribution in [3.05, 3.63) is 0 Å². The molecule has 0 aliphatic rings. The first kappa shape index (κ1) is 16.8. The average Bonchev–Trinajstić information content (AvgIpc) is 1.95. The maximum absolute atomic E-state index is 11.6. The topological polar surface area (TPSA) is 123 Å². The van der Waals surface area contributed by atoms with E-state index in [-0.39, 0.29) is 6.42 Å². The van der Waals surface area contributed by atoms with Gasteiger partial charge < -0.3 is 5.11 Å². The lowest BCUT2D eigenvalue weighted by molar-refractivity contribution is 0.172. The minimum atomic E-state index is -4.58. The van der Waals surface area contributed by atoms with Gasteiger partial charge in [-0.25, -0.2) is 25.3 Å². The fourth-order valence-corrected chi connectivity index (χ4v) is 10.4. The van der Waals surface area contributed by atoms with Crippen LogP contribution in [0.25, 0.3) is 0 Å². The van der Waals surface area contributed by atoms with Crippen LogP contribution in [0.5, 0.6) is 0 Å². The summed E-state index contributed by atoms with van der Waals surface area (Å²) >= 11 is 0. The van der Waals surface area contributed by atoms with Crippen molar-refractivity contribution < 1.29 is 30.4 Å². The molecule has 0 aliphatic carbocycles. The van der Waals surface area contributed by atoms with Gasteiger partial charge in [0.15, 0.2) is 29.5 Å². The molecule has 0 saturated heterocycles. The van der Waals surface area contributed by atoms with E-state index in [4.69, 9.17) is 0 Å². The second kappa shape index (κ2) is 4.48. The third-order valence-electron chi connectivity index (χ3n) is 2.35. The zero-order chi connectivity index (χ0) is 14.3. The van der Waals surface area contributed by atoms with Crippen LogP contribution in [0.2, 0.25) is 0 Å². The van der Waals surface area contributed by atoms with Crippen LogP contribution in [-0.4, -0.2) is 58.6 Å². The molecule has 0 heterocycles. The molecule has 0 aromatic heterocycles. The van der Waals surface area contributed by atoms with Crippen LogP contribution >= 0.6 is 0 Å². The molecule has 0 aromatic rings. The van der Waals surface area contributed by atoms with Crippen molar-refractivity contribution in [3.63, 3.8) is 0 Å². The summed E-state index contributed by atoms with van der Waals surface area (Å²) in [6.45, 7) is 1.29. The Balaban J connectivity index is 6.82. The molecular formula is C7H16O7S3. The van der Waals surface area contributed by atoms with E-state index in [1.54, 1.807) is 0 Å².